The number of rotatable bonds is 7. The van der Waals surface area contributed by atoms with Crippen molar-refractivity contribution < 1.29 is 17.9 Å². The van der Waals surface area contributed by atoms with Crippen molar-refractivity contribution >= 4 is 27.3 Å². The van der Waals surface area contributed by atoms with E-state index in [1.54, 1.807) is 36.4 Å². The number of nitriles is 1. The zero-order valence-electron chi connectivity index (χ0n) is 15.3. The first-order valence-corrected chi connectivity index (χ1v) is 10.1. The Morgan fingerprint density at radius 2 is 1.81 bits per heavy atom. The molecule has 0 saturated heterocycles. The molecule has 7 nitrogen and oxygen atoms in total. The lowest BCUT2D eigenvalue weighted by Crippen LogP contribution is -2.37. The zero-order valence-corrected chi connectivity index (χ0v) is 16.2. The molecule has 0 aliphatic rings. The van der Waals surface area contributed by atoms with E-state index in [0.29, 0.717) is 11.4 Å². The van der Waals surface area contributed by atoms with Gasteiger partial charge >= 0.3 is 0 Å². The Hall–Kier alpha value is -3.05. The highest BCUT2D eigenvalue weighted by Gasteiger charge is 2.23. The van der Waals surface area contributed by atoms with Crippen LogP contribution in [0.1, 0.15) is 19.4 Å². The fraction of sp³-hybridized carbons (Fsp3) is 0.263. The second kappa shape index (κ2) is 8.56. The Morgan fingerprint density at radius 1 is 1.19 bits per heavy atom. The molecule has 142 valence electrons. The first-order valence-electron chi connectivity index (χ1n) is 8.24. The molecule has 2 aromatic carbocycles. The minimum Gasteiger partial charge on any atom is -0.491 e. The second-order valence-electron chi connectivity index (χ2n) is 6.14. The zero-order chi connectivity index (χ0) is 20.0. The number of para-hydroxylation sites is 1. The van der Waals surface area contributed by atoms with E-state index in [1.807, 2.05) is 19.9 Å². The molecule has 0 fully saturated rings. The molecule has 1 amide bonds. The standard InChI is InChI=1S/C19H21N3O4S/c1-14(2)26-17-10-8-16(9-11-17)21-19(23)13-22(27(3,24)25)18-7-5-4-6-15(18)12-20/h4-11,14H,13H2,1-3H3,(H,21,23). The van der Waals surface area contributed by atoms with Gasteiger partial charge in [0.15, 0.2) is 0 Å². The molecule has 0 unspecified atom stereocenters. The van der Waals surface area contributed by atoms with Crippen molar-refractivity contribution in [3.05, 3.63) is 54.1 Å². The highest BCUT2D eigenvalue weighted by atomic mass is 32.2. The minimum absolute atomic E-state index is 0.0361. The molecule has 0 aliphatic carbocycles. The van der Waals surface area contributed by atoms with Crippen LogP contribution in [0.4, 0.5) is 11.4 Å². The Morgan fingerprint density at radius 3 is 2.37 bits per heavy atom. The van der Waals surface area contributed by atoms with Gasteiger partial charge in [-0.05, 0) is 50.2 Å². The lowest BCUT2D eigenvalue weighted by Gasteiger charge is -2.22. The summed E-state index contributed by atoms with van der Waals surface area (Å²) in [7, 11) is -3.76. The first kappa shape index (κ1) is 20.3. The number of carbonyl (C=O) groups excluding carboxylic acids is 1. The van der Waals surface area contributed by atoms with Crippen LogP contribution < -0.4 is 14.4 Å². The van der Waals surface area contributed by atoms with Crippen LogP contribution in [0, 0.1) is 11.3 Å². The predicted molar refractivity (Wildman–Crippen MR) is 104 cm³/mol. The molecule has 0 spiro atoms. The van der Waals surface area contributed by atoms with E-state index in [4.69, 9.17) is 4.74 Å². The average molecular weight is 387 g/mol. The van der Waals surface area contributed by atoms with E-state index < -0.39 is 22.5 Å². The molecule has 0 heterocycles. The van der Waals surface area contributed by atoms with Crippen molar-refractivity contribution in [2.45, 2.75) is 20.0 Å². The average Bonchev–Trinajstić information content (AvgIpc) is 2.60. The summed E-state index contributed by atoms with van der Waals surface area (Å²) in [5.41, 5.74) is 0.849. The Balaban J connectivity index is 2.16. The molecule has 8 heteroatoms. The molecule has 0 bridgehead atoms. The van der Waals surface area contributed by atoms with Crippen LogP contribution in [0.2, 0.25) is 0 Å². The summed E-state index contributed by atoms with van der Waals surface area (Å²) in [6.45, 7) is 3.38. The lowest BCUT2D eigenvalue weighted by atomic mass is 10.2. The molecule has 2 rings (SSSR count). The third-order valence-corrected chi connectivity index (χ3v) is 4.62. The first-order chi connectivity index (χ1) is 12.7. The topological polar surface area (TPSA) is 99.5 Å². The van der Waals surface area contributed by atoms with E-state index in [0.717, 1.165) is 10.6 Å². The van der Waals surface area contributed by atoms with Crippen LogP contribution in [0.3, 0.4) is 0 Å². The Labute approximate surface area is 159 Å². The van der Waals surface area contributed by atoms with Gasteiger partial charge in [-0.3, -0.25) is 9.10 Å². The predicted octanol–water partition coefficient (Wildman–Crippen LogP) is 2.75. The number of ether oxygens (including phenoxy) is 1. The van der Waals surface area contributed by atoms with Gasteiger partial charge in [-0.25, -0.2) is 8.42 Å². The fourth-order valence-electron chi connectivity index (χ4n) is 2.39. The van der Waals surface area contributed by atoms with Crippen LogP contribution >= 0.6 is 0 Å². The van der Waals surface area contributed by atoms with Crippen molar-refractivity contribution in [1.29, 1.82) is 5.26 Å². The fourth-order valence-corrected chi connectivity index (χ4v) is 3.25. The quantitative estimate of drug-likeness (QED) is 0.787. The molecule has 0 aromatic heterocycles. The molecule has 0 saturated carbocycles. The van der Waals surface area contributed by atoms with Gasteiger partial charge in [0.05, 0.1) is 23.6 Å². The molecule has 0 atom stereocenters. The van der Waals surface area contributed by atoms with E-state index >= 15 is 0 Å². The van der Waals surface area contributed by atoms with E-state index in [9.17, 15) is 18.5 Å². The second-order valence-corrected chi connectivity index (χ2v) is 8.04. The van der Waals surface area contributed by atoms with Crippen molar-refractivity contribution in [3.8, 4) is 11.8 Å². The summed E-state index contributed by atoms with van der Waals surface area (Å²) in [5, 5.41) is 11.9. The van der Waals surface area contributed by atoms with Crippen LogP contribution in [-0.4, -0.2) is 33.2 Å². The van der Waals surface area contributed by atoms with Gasteiger partial charge in [0.1, 0.15) is 18.4 Å². The summed E-state index contributed by atoms with van der Waals surface area (Å²) in [5.74, 6) is 0.148. The van der Waals surface area contributed by atoms with Gasteiger partial charge in [-0.2, -0.15) is 5.26 Å². The normalized spacial score (nSPS) is 10.9. The number of anilines is 2. The number of nitrogens with zero attached hydrogens (tertiary/aromatic N) is 2. The van der Waals surface area contributed by atoms with Gasteiger partial charge in [0.2, 0.25) is 15.9 Å². The molecule has 2 aromatic rings. The van der Waals surface area contributed by atoms with E-state index in [2.05, 4.69) is 5.32 Å². The number of carbonyl (C=O) groups is 1. The highest BCUT2D eigenvalue weighted by molar-refractivity contribution is 7.92. The third kappa shape index (κ3) is 5.72. The van der Waals surface area contributed by atoms with E-state index in [-0.39, 0.29) is 17.4 Å². The smallest absolute Gasteiger partial charge is 0.245 e. The molecular weight excluding hydrogens is 366 g/mol. The van der Waals surface area contributed by atoms with Gasteiger partial charge in [-0.15, -0.1) is 0 Å². The Bertz CT molecular complexity index is 948. The number of amides is 1. The van der Waals surface area contributed by atoms with Crippen LogP contribution in [-0.2, 0) is 14.8 Å². The summed E-state index contributed by atoms with van der Waals surface area (Å²) in [6, 6.07) is 14.9. The maximum Gasteiger partial charge on any atom is 0.245 e. The largest absolute Gasteiger partial charge is 0.491 e. The SMILES string of the molecule is CC(C)Oc1ccc(NC(=O)CN(c2ccccc2C#N)S(C)(=O)=O)cc1. The Kier molecular flexibility index (Phi) is 6.42. The van der Waals surface area contributed by atoms with E-state index in [1.165, 1.54) is 12.1 Å². The third-order valence-electron chi connectivity index (χ3n) is 3.49. The number of nitrogens with one attached hydrogen (secondary N) is 1. The van der Waals surface area contributed by atoms with Crippen molar-refractivity contribution in [1.82, 2.24) is 0 Å². The van der Waals surface area contributed by atoms with Gasteiger partial charge < -0.3 is 10.1 Å². The minimum atomic E-state index is -3.76. The summed E-state index contributed by atoms with van der Waals surface area (Å²) in [4.78, 5) is 12.4. The molecule has 27 heavy (non-hydrogen) atoms. The van der Waals surface area contributed by atoms with Crippen LogP contribution in [0.25, 0.3) is 0 Å². The molecular formula is C19H21N3O4S. The molecule has 0 radical (unpaired) electrons. The number of hydrogen-bond acceptors (Lipinski definition) is 5. The van der Waals surface area contributed by atoms with Gasteiger partial charge in [0, 0.05) is 5.69 Å². The number of sulfonamides is 1. The summed E-state index contributed by atoms with van der Waals surface area (Å²) in [6.07, 6.45) is 1.03. The van der Waals surface area contributed by atoms with Crippen molar-refractivity contribution in [3.63, 3.8) is 0 Å². The van der Waals surface area contributed by atoms with Crippen LogP contribution in [0.5, 0.6) is 5.75 Å². The number of hydrogen-bond donors (Lipinski definition) is 1. The van der Waals surface area contributed by atoms with Gasteiger partial charge in [-0.1, -0.05) is 12.1 Å². The maximum absolute atomic E-state index is 12.4. The summed E-state index contributed by atoms with van der Waals surface area (Å²) >= 11 is 0. The maximum atomic E-state index is 12.4. The molecule has 1 N–H and O–H groups in total. The highest BCUT2D eigenvalue weighted by Crippen LogP contribution is 2.22. The van der Waals surface area contributed by atoms with Crippen LogP contribution in [0.15, 0.2) is 48.5 Å². The van der Waals surface area contributed by atoms with Gasteiger partial charge in [0.25, 0.3) is 0 Å². The number of benzene rings is 2. The van der Waals surface area contributed by atoms with Crippen molar-refractivity contribution in [2.75, 3.05) is 22.4 Å². The lowest BCUT2D eigenvalue weighted by molar-refractivity contribution is -0.114. The van der Waals surface area contributed by atoms with Crippen molar-refractivity contribution in [2.24, 2.45) is 0 Å². The molecule has 0 aliphatic heterocycles. The summed E-state index contributed by atoms with van der Waals surface area (Å²) < 4.78 is 30.8. The monoisotopic (exact) mass is 387 g/mol.